The highest BCUT2D eigenvalue weighted by Gasteiger charge is 2.51. The Hall–Kier alpha value is -1.01. The second-order valence-corrected chi connectivity index (χ2v) is 6.12. The molecule has 1 aliphatic carbocycles. The second-order valence-electron chi connectivity index (χ2n) is 5.35. The number of ether oxygens (including phenoxy) is 1. The van der Waals surface area contributed by atoms with E-state index in [1.807, 2.05) is 50.3 Å². The summed E-state index contributed by atoms with van der Waals surface area (Å²) in [5.74, 6) is 0.882. The van der Waals surface area contributed by atoms with Crippen LogP contribution in [-0.4, -0.2) is 23.4 Å². The van der Waals surface area contributed by atoms with Crippen molar-refractivity contribution < 1.29 is 19.1 Å². The maximum Gasteiger partial charge on any atom is 0.166 e. The quantitative estimate of drug-likeness (QED) is 0.400. The van der Waals surface area contributed by atoms with E-state index in [-0.39, 0.29) is 30.1 Å². The Labute approximate surface area is 122 Å². The minimum absolute atomic E-state index is 0.0361. The largest absolute Gasteiger partial charge is 0.392 e. The molecule has 5 atom stereocenters. The summed E-state index contributed by atoms with van der Waals surface area (Å²) in [6.07, 6.45) is 1.76. The Morgan fingerprint density at radius 1 is 1.20 bits per heavy atom. The summed E-state index contributed by atoms with van der Waals surface area (Å²) in [4.78, 5) is 6.18. The number of fused-ring (bicyclic) bond motifs is 1. The van der Waals surface area contributed by atoms with E-state index in [1.165, 1.54) is 12.0 Å². The number of para-hydroxylation sites is 1. The Morgan fingerprint density at radius 2 is 1.95 bits per heavy atom. The van der Waals surface area contributed by atoms with Gasteiger partial charge >= 0.3 is 0 Å². The molecule has 0 spiro atoms. The van der Waals surface area contributed by atoms with E-state index in [4.69, 9.17) is 14.0 Å². The molecule has 1 fully saturated rings. The van der Waals surface area contributed by atoms with Gasteiger partial charge in [0.2, 0.25) is 0 Å². The lowest BCUT2D eigenvalue weighted by Crippen LogP contribution is -2.27. The van der Waals surface area contributed by atoms with Crippen LogP contribution in [0.15, 0.2) is 41.3 Å². The summed E-state index contributed by atoms with van der Waals surface area (Å²) in [7, 11) is 0. The fourth-order valence-corrected chi connectivity index (χ4v) is 3.27. The molecule has 1 N–H and O–H groups in total. The van der Waals surface area contributed by atoms with E-state index in [2.05, 4.69) is 0 Å². The summed E-state index contributed by atoms with van der Waals surface area (Å²) in [5, 5.41) is 10.1. The van der Waals surface area contributed by atoms with Crippen molar-refractivity contribution in [1.82, 2.24) is 0 Å². The van der Waals surface area contributed by atoms with E-state index in [1.54, 1.807) is 0 Å². The average Bonchev–Trinajstić information content (AvgIpc) is 3.26. The number of aliphatic hydroxyl groups is 1. The standard InChI is InChI=1S/C15H18O4S/c1-9-8-12(15-14(17-15)10(2)13(9)16)20-19-18-11-6-4-3-5-7-11/h3-10,13-16H,1-2H3/t9-,10+,13+,14+,15-/m0/s1. The van der Waals surface area contributed by atoms with Crippen molar-refractivity contribution in [3.05, 3.63) is 41.3 Å². The molecular weight excluding hydrogens is 276 g/mol. The van der Waals surface area contributed by atoms with Gasteiger partial charge in [-0.15, -0.1) is 4.33 Å². The third kappa shape index (κ3) is 2.86. The van der Waals surface area contributed by atoms with E-state index in [0.29, 0.717) is 5.75 Å². The number of epoxide rings is 1. The summed E-state index contributed by atoms with van der Waals surface area (Å²) in [6.45, 7) is 4.03. The molecule has 1 aliphatic heterocycles. The molecule has 0 radical (unpaired) electrons. The molecule has 1 aromatic carbocycles. The normalized spacial score (nSPS) is 35.8. The molecule has 0 bridgehead atoms. The van der Waals surface area contributed by atoms with Crippen molar-refractivity contribution in [3.63, 3.8) is 0 Å². The summed E-state index contributed by atoms with van der Waals surface area (Å²) >= 11 is 1.17. The molecule has 1 heterocycles. The zero-order valence-corrected chi connectivity index (χ0v) is 12.2. The topological polar surface area (TPSA) is 51.2 Å². The van der Waals surface area contributed by atoms with Crippen LogP contribution in [0.2, 0.25) is 0 Å². The first-order valence-electron chi connectivity index (χ1n) is 6.78. The zero-order chi connectivity index (χ0) is 14.1. The number of hydrogen-bond acceptors (Lipinski definition) is 5. The van der Waals surface area contributed by atoms with Crippen molar-refractivity contribution >= 4 is 12.0 Å². The van der Waals surface area contributed by atoms with Crippen LogP contribution in [0, 0.1) is 11.8 Å². The Balaban J connectivity index is 1.59. The van der Waals surface area contributed by atoms with Gasteiger partial charge in [0.05, 0.1) is 24.3 Å². The van der Waals surface area contributed by atoms with Crippen molar-refractivity contribution in [2.75, 3.05) is 0 Å². The highest BCUT2D eigenvalue weighted by molar-refractivity contribution is 7.98. The van der Waals surface area contributed by atoms with Gasteiger partial charge in [-0.05, 0) is 12.1 Å². The smallest absolute Gasteiger partial charge is 0.166 e. The number of rotatable bonds is 4. The molecule has 0 aromatic heterocycles. The molecule has 0 amide bonds. The van der Waals surface area contributed by atoms with Crippen LogP contribution in [-0.2, 0) is 9.07 Å². The lowest BCUT2D eigenvalue weighted by atomic mass is 9.93. The lowest BCUT2D eigenvalue weighted by molar-refractivity contribution is -0.0770. The van der Waals surface area contributed by atoms with Crippen LogP contribution < -0.4 is 4.89 Å². The molecule has 4 nitrogen and oxygen atoms in total. The summed E-state index contributed by atoms with van der Waals surface area (Å²) in [6, 6.07) is 9.34. The minimum Gasteiger partial charge on any atom is -0.392 e. The fraction of sp³-hybridized carbons (Fsp3) is 0.467. The van der Waals surface area contributed by atoms with E-state index in [0.717, 1.165) is 4.91 Å². The molecule has 5 heteroatoms. The van der Waals surface area contributed by atoms with Gasteiger partial charge in [-0.1, -0.05) is 38.1 Å². The van der Waals surface area contributed by atoms with Gasteiger partial charge < -0.3 is 14.7 Å². The van der Waals surface area contributed by atoms with Gasteiger partial charge in [-0.25, -0.2) is 0 Å². The van der Waals surface area contributed by atoms with Crippen molar-refractivity contribution in [2.45, 2.75) is 32.2 Å². The van der Waals surface area contributed by atoms with E-state index >= 15 is 0 Å². The van der Waals surface area contributed by atoms with Gasteiger partial charge in [0.15, 0.2) is 5.75 Å². The molecule has 108 valence electrons. The first-order chi connectivity index (χ1) is 9.66. The Morgan fingerprint density at radius 3 is 2.70 bits per heavy atom. The van der Waals surface area contributed by atoms with Crippen molar-refractivity contribution in [2.24, 2.45) is 11.8 Å². The summed E-state index contributed by atoms with van der Waals surface area (Å²) in [5.41, 5.74) is 0. The number of aliphatic hydroxyl groups excluding tert-OH is 1. The maximum absolute atomic E-state index is 10.1. The predicted molar refractivity (Wildman–Crippen MR) is 76.8 cm³/mol. The Bertz CT molecular complexity index is 490. The summed E-state index contributed by atoms with van der Waals surface area (Å²) < 4.78 is 10.8. The van der Waals surface area contributed by atoms with Gasteiger partial charge in [0.25, 0.3) is 0 Å². The minimum atomic E-state index is -0.377. The molecule has 0 unspecified atom stereocenters. The van der Waals surface area contributed by atoms with Gasteiger partial charge in [-0.3, -0.25) is 0 Å². The average molecular weight is 294 g/mol. The molecule has 0 saturated carbocycles. The van der Waals surface area contributed by atoms with Crippen LogP contribution in [0.5, 0.6) is 5.75 Å². The molecule has 1 aromatic rings. The van der Waals surface area contributed by atoms with Crippen LogP contribution >= 0.6 is 12.0 Å². The van der Waals surface area contributed by atoms with Crippen LogP contribution in [0.3, 0.4) is 0 Å². The van der Waals surface area contributed by atoms with Gasteiger partial charge in [0.1, 0.15) is 6.10 Å². The SMILES string of the molecule is C[C@@H]1[C@H](O)[C@@H](C)C=C(SOOc2ccccc2)[C@@H]2O[C@H]12. The predicted octanol–water partition coefficient (Wildman–Crippen LogP) is 2.94. The highest BCUT2D eigenvalue weighted by atomic mass is 32.2. The van der Waals surface area contributed by atoms with Crippen molar-refractivity contribution in [1.29, 1.82) is 0 Å². The van der Waals surface area contributed by atoms with E-state index < -0.39 is 0 Å². The third-order valence-corrected chi connectivity index (χ3v) is 4.53. The van der Waals surface area contributed by atoms with Gasteiger partial charge in [0, 0.05) is 16.7 Å². The van der Waals surface area contributed by atoms with E-state index in [9.17, 15) is 5.11 Å². The Kier molecular flexibility index (Phi) is 4.03. The second kappa shape index (κ2) is 5.77. The van der Waals surface area contributed by atoms with Crippen LogP contribution in [0.4, 0.5) is 0 Å². The van der Waals surface area contributed by atoms with Gasteiger partial charge in [-0.2, -0.15) is 0 Å². The molecule has 2 aliphatic rings. The van der Waals surface area contributed by atoms with Crippen LogP contribution in [0.25, 0.3) is 0 Å². The molecule has 3 rings (SSSR count). The fourth-order valence-electron chi connectivity index (χ4n) is 2.53. The molecule has 20 heavy (non-hydrogen) atoms. The third-order valence-electron chi connectivity index (χ3n) is 3.83. The lowest BCUT2D eigenvalue weighted by Gasteiger charge is -2.19. The molecular formula is C15H18O4S. The first-order valence-corrected chi connectivity index (χ1v) is 7.52. The maximum atomic E-state index is 10.1. The molecule has 1 saturated heterocycles. The number of benzene rings is 1. The van der Waals surface area contributed by atoms with Crippen LogP contribution in [0.1, 0.15) is 13.8 Å². The zero-order valence-electron chi connectivity index (χ0n) is 11.4. The monoisotopic (exact) mass is 294 g/mol. The number of hydrogen-bond donors (Lipinski definition) is 1. The highest BCUT2D eigenvalue weighted by Crippen LogP contribution is 2.45. The van der Waals surface area contributed by atoms with Crippen molar-refractivity contribution in [3.8, 4) is 5.75 Å². The first kappa shape index (κ1) is 13.9.